The van der Waals surface area contributed by atoms with Crippen LogP contribution in [0.15, 0.2) is 66.7 Å². The number of carbonyl (C=O) groups excluding carboxylic acids is 4. The summed E-state index contributed by atoms with van der Waals surface area (Å²) in [6.45, 7) is -0.598. The van der Waals surface area contributed by atoms with Crippen molar-refractivity contribution in [2.24, 2.45) is 0 Å². The van der Waals surface area contributed by atoms with E-state index in [0.29, 0.717) is 16.4 Å². The summed E-state index contributed by atoms with van der Waals surface area (Å²) in [7, 11) is 0. The van der Waals surface area contributed by atoms with Gasteiger partial charge in [0.1, 0.15) is 6.07 Å². The van der Waals surface area contributed by atoms with E-state index in [-0.39, 0.29) is 22.3 Å². The van der Waals surface area contributed by atoms with Crippen LogP contribution in [-0.4, -0.2) is 30.3 Å². The molecule has 1 aliphatic rings. The van der Waals surface area contributed by atoms with E-state index < -0.39 is 30.3 Å². The largest absolute Gasteiger partial charge is 0.452 e. The van der Waals surface area contributed by atoms with Crippen molar-refractivity contribution in [3.63, 3.8) is 0 Å². The minimum absolute atomic E-state index is 0.0121. The topological polar surface area (TPSA) is 117 Å². The predicted octanol–water partition coefficient (Wildman–Crippen LogP) is 3.81. The molecule has 33 heavy (non-hydrogen) atoms. The molecule has 1 N–H and O–H groups in total. The van der Waals surface area contributed by atoms with Crippen LogP contribution in [0, 0.1) is 11.3 Å². The van der Waals surface area contributed by atoms with E-state index in [1.54, 1.807) is 42.5 Å². The van der Waals surface area contributed by atoms with Gasteiger partial charge in [-0.3, -0.25) is 14.4 Å². The number of benzene rings is 3. The van der Waals surface area contributed by atoms with Gasteiger partial charge in [-0.15, -0.1) is 0 Å². The van der Waals surface area contributed by atoms with Crippen LogP contribution in [-0.2, 0) is 9.53 Å². The van der Waals surface area contributed by atoms with Gasteiger partial charge in [0, 0.05) is 5.02 Å². The monoisotopic (exact) mass is 459 g/mol. The lowest BCUT2D eigenvalue weighted by Gasteiger charge is -2.13. The second kappa shape index (κ2) is 8.94. The number of nitriles is 1. The van der Waals surface area contributed by atoms with Gasteiger partial charge in [-0.2, -0.15) is 5.26 Å². The summed E-state index contributed by atoms with van der Waals surface area (Å²) in [5.74, 6) is -2.58. The SMILES string of the molecule is N#Cc1ccccc1NC(=O)COC(=O)c1ccc2c(c1)C(=O)N(c1ccc(Cl)cc1)C2=O. The number of hydrogen-bond acceptors (Lipinski definition) is 6. The minimum atomic E-state index is -0.841. The highest BCUT2D eigenvalue weighted by molar-refractivity contribution is 6.35. The first-order chi connectivity index (χ1) is 15.9. The number of nitrogens with one attached hydrogen (secondary N) is 1. The fraction of sp³-hybridized carbons (Fsp3) is 0.0417. The summed E-state index contributed by atoms with van der Waals surface area (Å²) in [5.41, 5.74) is 1.13. The van der Waals surface area contributed by atoms with Gasteiger partial charge in [0.15, 0.2) is 6.61 Å². The molecule has 0 spiro atoms. The van der Waals surface area contributed by atoms with Crippen molar-refractivity contribution in [1.82, 2.24) is 0 Å². The molecule has 0 atom stereocenters. The van der Waals surface area contributed by atoms with Gasteiger partial charge in [0.25, 0.3) is 17.7 Å². The first-order valence-electron chi connectivity index (χ1n) is 9.63. The third kappa shape index (κ3) is 4.31. The number of amides is 3. The first kappa shape index (κ1) is 21.7. The van der Waals surface area contributed by atoms with Gasteiger partial charge >= 0.3 is 5.97 Å². The first-order valence-corrected chi connectivity index (χ1v) is 10.0. The molecule has 3 amide bonds. The number of nitrogens with zero attached hydrogens (tertiary/aromatic N) is 2. The molecule has 1 heterocycles. The van der Waals surface area contributed by atoms with Crippen LogP contribution in [0.25, 0.3) is 0 Å². The van der Waals surface area contributed by atoms with Crippen LogP contribution in [0.3, 0.4) is 0 Å². The Morgan fingerprint density at radius 1 is 0.970 bits per heavy atom. The van der Waals surface area contributed by atoms with E-state index in [4.69, 9.17) is 21.6 Å². The number of anilines is 2. The Hall–Kier alpha value is -4.48. The number of fused-ring (bicyclic) bond motifs is 1. The third-order valence-corrected chi connectivity index (χ3v) is 5.12. The van der Waals surface area contributed by atoms with Gasteiger partial charge in [-0.1, -0.05) is 23.7 Å². The molecule has 3 aromatic carbocycles. The van der Waals surface area contributed by atoms with Crippen molar-refractivity contribution < 1.29 is 23.9 Å². The van der Waals surface area contributed by atoms with E-state index in [1.807, 2.05) is 6.07 Å². The van der Waals surface area contributed by atoms with Gasteiger partial charge in [-0.05, 0) is 54.6 Å². The number of para-hydroxylation sites is 1. The number of imide groups is 1. The normalized spacial score (nSPS) is 12.2. The Balaban J connectivity index is 1.45. The van der Waals surface area contributed by atoms with Crippen molar-refractivity contribution in [3.05, 3.63) is 94.0 Å². The highest BCUT2D eigenvalue weighted by Crippen LogP contribution is 2.30. The lowest BCUT2D eigenvalue weighted by atomic mass is 10.1. The zero-order valence-electron chi connectivity index (χ0n) is 16.9. The lowest BCUT2D eigenvalue weighted by Crippen LogP contribution is -2.29. The number of halogens is 1. The third-order valence-electron chi connectivity index (χ3n) is 4.86. The van der Waals surface area contributed by atoms with Crippen molar-refractivity contribution in [2.45, 2.75) is 0 Å². The van der Waals surface area contributed by atoms with Crippen LogP contribution in [0.2, 0.25) is 5.02 Å². The Kier molecular flexibility index (Phi) is 5.89. The molecular formula is C24H14ClN3O5. The zero-order valence-corrected chi connectivity index (χ0v) is 17.6. The van der Waals surface area contributed by atoms with Crippen molar-refractivity contribution in [1.29, 1.82) is 5.26 Å². The molecule has 4 rings (SSSR count). The molecule has 0 fully saturated rings. The van der Waals surface area contributed by atoms with Crippen LogP contribution < -0.4 is 10.2 Å². The number of esters is 1. The van der Waals surface area contributed by atoms with Crippen LogP contribution in [0.5, 0.6) is 0 Å². The van der Waals surface area contributed by atoms with Crippen LogP contribution in [0.4, 0.5) is 11.4 Å². The molecule has 0 unspecified atom stereocenters. The van der Waals surface area contributed by atoms with E-state index in [9.17, 15) is 19.2 Å². The standard InChI is InChI=1S/C24H14ClN3O5/c25-16-6-8-17(9-7-16)28-22(30)18-10-5-14(11-19(18)23(28)31)24(32)33-13-21(29)27-20-4-2-1-3-15(20)12-26/h1-11H,13H2,(H,27,29). The van der Waals surface area contributed by atoms with Crippen molar-refractivity contribution in [3.8, 4) is 6.07 Å². The Labute approximate surface area is 192 Å². The average Bonchev–Trinajstić information content (AvgIpc) is 3.08. The molecule has 8 nitrogen and oxygen atoms in total. The molecule has 0 aromatic heterocycles. The van der Waals surface area contributed by atoms with Gasteiger partial charge in [-0.25, -0.2) is 9.69 Å². The summed E-state index contributed by atoms with van der Waals surface area (Å²) in [6.07, 6.45) is 0. The molecule has 0 aliphatic carbocycles. The molecule has 0 saturated carbocycles. The fourth-order valence-electron chi connectivity index (χ4n) is 3.28. The zero-order chi connectivity index (χ0) is 23.5. The molecular weight excluding hydrogens is 446 g/mol. The maximum absolute atomic E-state index is 12.8. The summed E-state index contributed by atoms with van der Waals surface area (Å²) in [4.78, 5) is 51.0. The smallest absolute Gasteiger partial charge is 0.338 e. The molecule has 9 heteroatoms. The highest BCUT2D eigenvalue weighted by Gasteiger charge is 2.37. The number of ether oxygens (including phenoxy) is 1. The van der Waals surface area contributed by atoms with Crippen LogP contribution in [0.1, 0.15) is 36.6 Å². The van der Waals surface area contributed by atoms with E-state index in [0.717, 1.165) is 4.90 Å². The Bertz CT molecular complexity index is 1340. The summed E-state index contributed by atoms with van der Waals surface area (Å²) >= 11 is 5.87. The summed E-state index contributed by atoms with van der Waals surface area (Å²) in [5, 5.41) is 12.0. The summed E-state index contributed by atoms with van der Waals surface area (Å²) in [6, 6.07) is 18.5. The lowest BCUT2D eigenvalue weighted by molar-refractivity contribution is -0.119. The summed E-state index contributed by atoms with van der Waals surface area (Å²) < 4.78 is 5.02. The second-order valence-corrected chi connectivity index (χ2v) is 7.40. The van der Waals surface area contributed by atoms with Crippen molar-refractivity contribution in [2.75, 3.05) is 16.8 Å². The van der Waals surface area contributed by atoms with E-state index in [1.165, 1.54) is 24.3 Å². The Morgan fingerprint density at radius 3 is 2.39 bits per heavy atom. The van der Waals surface area contributed by atoms with Gasteiger partial charge in [0.2, 0.25) is 0 Å². The number of rotatable bonds is 5. The fourth-order valence-corrected chi connectivity index (χ4v) is 3.41. The van der Waals surface area contributed by atoms with Crippen LogP contribution >= 0.6 is 11.6 Å². The average molecular weight is 460 g/mol. The van der Waals surface area contributed by atoms with Gasteiger partial charge < -0.3 is 10.1 Å². The highest BCUT2D eigenvalue weighted by atomic mass is 35.5. The minimum Gasteiger partial charge on any atom is -0.452 e. The molecule has 0 bridgehead atoms. The second-order valence-electron chi connectivity index (χ2n) is 6.96. The molecule has 0 saturated heterocycles. The maximum Gasteiger partial charge on any atom is 0.338 e. The molecule has 0 radical (unpaired) electrons. The Morgan fingerprint density at radius 2 is 1.67 bits per heavy atom. The van der Waals surface area contributed by atoms with E-state index in [2.05, 4.69) is 5.32 Å². The quantitative estimate of drug-likeness (QED) is 0.458. The number of hydrogen-bond donors (Lipinski definition) is 1. The van der Waals surface area contributed by atoms with Gasteiger partial charge in [0.05, 0.1) is 33.6 Å². The molecule has 3 aromatic rings. The van der Waals surface area contributed by atoms with Crippen molar-refractivity contribution >= 4 is 46.7 Å². The maximum atomic E-state index is 12.8. The van der Waals surface area contributed by atoms with E-state index >= 15 is 0 Å². The molecule has 1 aliphatic heterocycles. The molecule has 162 valence electrons. The number of carbonyl (C=O) groups is 4. The predicted molar refractivity (Wildman–Crippen MR) is 119 cm³/mol.